The van der Waals surface area contributed by atoms with E-state index in [9.17, 15) is 4.79 Å². The molecule has 26 heavy (non-hydrogen) atoms. The van der Waals surface area contributed by atoms with Crippen molar-refractivity contribution in [2.45, 2.75) is 18.9 Å². The van der Waals surface area contributed by atoms with Crippen molar-refractivity contribution in [3.63, 3.8) is 0 Å². The summed E-state index contributed by atoms with van der Waals surface area (Å²) in [6.07, 6.45) is 5.84. The van der Waals surface area contributed by atoms with Crippen LogP contribution in [0.1, 0.15) is 12.8 Å². The van der Waals surface area contributed by atoms with E-state index in [1.54, 1.807) is 11.0 Å². The summed E-state index contributed by atoms with van der Waals surface area (Å²) in [7, 11) is 0. The summed E-state index contributed by atoms with van der Waals surface area (Å²) >= 11 is 0. The molecular weight excluding hydrogens is 332 g/mol. The first kappa shape index (κ1) is 17.0. The van der Waals surface area contributed by atoms with Gasteiger partial charge in [-0.2, -0.15) is 5.10 Å². The van der Waals surface area contributed by atoms with Gasteiger partial charge < -0.3 is 15.0 Å². The minimum absolute atomic E-state index is 0.0460. The first-order chi connectivity index (χ1) is 12.8. The standard InChI is InChI=1S/C18H24N6O2/c25-18(21-15-3-5-16(6-4-15)24-14-19-13-20-24)23-9-7-22(8-10-23)12-17-2-1-11-26-17/h3-6,13-14,17H,1-2,7-12H2,(H,21,25)/t17-/m0/s1. The fraction of sp³-hybridized carbons (Fsp3) is 0.500. The number of hydrogen-bond acceptors (Lipinski definition) is 5. The van der Waals surface area contributed by atoms with Gasteiger partial charge in [-0.15, -0.1) is 0 Å². The molecule has 0 bridgehead atoms. The molecular formula is C18H24N6O2. The fourth-order valence-corrected chi connectivity index (χ4v) is 3.45. The summed E-state index contributed by atoms with van der Waals surface area (Å²) < 4.78 is 7.38. The van der Waals surface area contributed by atoms with Gasteiger partial charge in [0, 0.05) is 45.0 Å². The van der Waals surface area contributed by atoms with Crippen LogP contribution >= 0.6 is 0 Å². The molecule has 2 fully saturated rings. The van der Waals surface area contributed by atoms with Gasteiger partial charge in [0.25, 0.3) is 0 Å². The number of anilines is 1. The second-order valence-corrected chi connectivity index (χ2v) is 6.74. The number of nitrogens with zero attached hydrogens (tertiary/aromatic N) is 5. The molecule has 2 saturated heterocycles. The van der Waals surface area contributed by atoms with Gasteiger partial charge in [0.2, 0.25) is 0 Å². The normalized spacial score (nSPS) is 21.1. The third-order valence-electron chi connectivity index (χ3n) is 4.95. The van der Waals surface area contributed by atoms with Crippen LogP contribution in [0.2, 0.25) is 0 Å². The lowest BCUT2D eigenvalue weighted by Gasteiger charge is -2.35. The minimum Gasteiger partial charge on any atom is -0.377 e. The Hall–Kier alpha value is -2.45. The van der Waals surface area contributed by atoms with Crippen molar-refractivity contribution in [2.75, 3.05) is 44.6 Å². The summed E-state index contributed by atoms with van der Waals surface area (Å²) in [6, 6.07) is 7.52. The Kier molecular flexibility index (Phi) is 5.12. The molecule has 2 aromatic rings. The molecule has 1 aromatic carbocycles. The summed E-state index contributed by atoms with van der Waals surface area (Å²) in [5, 5.41) is 7.06. The lowest BCUT2D eigenvalue weighted by Crippen LogP contribution is -2.51. The topological polar surface area (TPSA) is 75.5 Å². The number of carbonyl (C=O) groups excluding carboxylic acids is 1. The molecule has 8 nitrogen and oxygen atoms in total. The first-order valence-electron chi connectivity index (χ1n) is 9.13. The molecule has 4 rings (SSSR count). The number of amides is 2. The van der Waals surface area contributed by atoms with Crippen LogP contribution in [0.4, 0.5) is 10.5 Å². The zero-order valence-electron chi connectivity index (χ0n) is 14.8. The van der Waals surface area contributed by atoms with Gasteiger partial charge >= 0.3 is 6.03 Å². The molecule has 0 saturated carbocycles. The number of benzene rings is 1. The molecule has 3 heterocycles. The van der Waals surface area contributed by atoms with Gasteiger partial charge in [-0.1, -0.05) is 0 Å². The van der Waals surface area contributed by atoms with Crippen LogP contribution in [0.5, 0.6) is 0 Å². The Bertz CT molecular complexity index is 704. The minimum atomic E-state index is -0.0460. The SMILES string of the molecule is O=C(Nc1ccc(-n2cncn2)cc1)N1CCN(C[C@@H]2CCCO2)CC1. The summed E-state index contributed by atoms with van der Waals surface area (Å²) in [5.41, 5.74) is 1.68. The number of ether oxygens (including phenoxy) is 1. The maximum atomic E-state index is 12.5. The highest BCUT2D eigenvalue weighted by atomic mass is 16.5. The van der Waals surface area contributed by atoms with Gasteiger partial charge in [0.1, 0.15) is 12.7 Å². The maximum Gasteiger partial charge on any atom is 0.321 e. The third kappa shape index (κ3) is 4.03. The van der Waals surface area contributed by atoms with Crippen LogP contribution in [-0.2, 0) is 4.74 Å². The molecule has 0 spiro atoms. The van der Waals surface area contributed by atoms with E-state index < -0.39 is 0 Å². The Morgan fingerprint density at radius 2 is 2.00 bits per heavy atom. The third-order valence-corrected chi connectivity index (χ3v) is 4.95. The van der Waals surface area contributed by atoms with E-state index in [0.29, 0.717) is 6.10 Å². The lowest BCUT2D eigenvalue weighted by atomic mass is 10.2. The van der Waals surface area contributed by atoms with Crippen LogP contribution in [-0.4, -0.2) is 76.0 Å². The zero-order valence-corrected chi connectivity index (χ0v) is 14.8. The van der Waals surface area contributed by atoms with E-state index in [0.717, 1.165) is 57.1 Å². The van der Waals surface area contributed by atoms with Gasteiger partial charge in [-0.05, 0) is 37.1 Å². The van der Waals surface area contributed by atoms with Crippen molar-refractivity contribution in [2.24, 2.45) is 0 Å². The largest absolute Gasteiger partial charge is 0.377 e. The van der Waals surface area contributed by atoms with Crippen molar-refractivity contribution < 1.29 is 9.53 Å². The van der Waals surface area contributed by atoms with E-state index in [1.165, 1.54) is 12.7 Å². The Balaban J connectivity index is 1.26. The van der Waals surface area contributed by atoms with Crippen LogP contribution < -0.4 is 5.32 Å². The average molecular weight is 356 g/mol. The van der Waals surface area contributed by atoms with Gasteiger partial charge in [-0.25, -0.2) is 14.5 Å². The first-order valence-corrected chi connectivity index (χ1v) is 9.13. The lowest BCUT2D eigenvalue weighted by molar-refractivity contribution is 0.0572. The zero-order chi connectivity index (χ0) is 17.8. The van der Waals surface area contributed by atoms with E-state index in [4.69, 9.17) is 4.74 Å². The van der Waals surface area contributed by atoms with Crippen molar-refractivity contribution in [3.05, 3.63) is 36.9 Å². The summed E-state index contributed by atoms with van der Waals surface area (Å²) in [6.45, 7) is 5.17. The van der Waals surface area contributed by atoms with E-state index in [-0.39, 0.29) is 6.03 Å². The molecule has 0 radical (unpaired) electrons. The average Bonchev–Trinajstić information content (AvgIpc) is 3.37. The highest BCUT2D eigenvalue weighted by Gasteiger charge is 2.24. The maximum absolute atomic E-state index is 12.5. The van der Waals surface area contributed by atoms with Gasteiger partial charge in [0.15, 0.2) is 0 Å². The number of rotatable bonds is 4. The Morgan fingerprint density at radius 1 is 1.19 bits per heavy atom. The monoisotopic (exact) mass is 356 g/mol. The van der Waals surface area contributed by atoms with Crippen LogP contribution in [0.25, 0.3) is 5.69 Å². The van der Waals surface area contributed by atoms with Crippen molar-refractivity contribution >= 4 is 11.7 Å². The number of carbonyl (C=O) groups is 1. The fourth-order valence-electron chi connectivity index (χ4n) is 3.45. The van der Waals surface area contributed by atoms with E-state index in [2.05, 4.69) is 20.3 Å². The predicted octanol–water partition coefficient (Wildman–Crippen LogP) is 1.60. The van der Waals surface area contributed by atoms with Gasteiger partial charge in [0.05, 0.1) is 11.8 Å². The van der Waals surface area contributed by atoms with Crippen molar-refractivity contribution in [3.8, 4) is 5.69 Å². The highest BCUT2D eigenvalue weighted by molar-refractivity contribution is 5.89. The second-order valence-electron chi connectivity index (χ2n) is 6.74. The van der Waals surface area contributed by atoms with E-state index >= 15 is 0 Å². The van der Waals surface area contributed by atoms with Crippen LogP contribution in [0.3, 0.4) is 0 Å². The molecule has 0 unspecified atom stereocenters. The Labute approximate surface area is 152 Å². The van der Waals surface area contributed by atoms with Crippen LogP contribution in [0.15, 0.2) is 36.9 Å². The van der Waals surface area contributed by atoms with Crippen LogP contribution in [0, 0.1) is 0 Å². The quantitative estimate of drug-likeness (QED) is 0.900. The van der Waals surface area contributed by atoms with Gasteiger partial charge in [-0.3, -0.25) is 4.90 Å². The number of piperazine rings is 1. The smallest absolute Gasteiger partial charge is 0.321 e. The molecule has 2 aliphatic rings. The van der Waals surface area contributed by atoms with Crippen molar-refractivity contribution in [1.29, 1.82) is 0 Å². The molecule has 0 aliphatic carbocycles. The Morgan fingerprint density at radius 3 is 2.65 bits per heavy atom. The summed E-state index contributed by atoms with van der Waals surface area (Å²) in [4.78, 5) is 20.7. The molecule has 1 atom stereocenters. The number of urea groups is 1. The molecule has 8 heteroatoms. The molecule has 2 amide bonds. The molecule has 1 N–H and O–H groups in total. The number of hydrogen-bond donors (Lipinski definition) is 1. The number of aromatic nitrogens is 3. The predicted molar refractivity (Wildman–Crippen MR) is 97.4 cm³/mol. The second kappa shape index (κ2) is 7.84. The van der Waals surface area contributed by atoms with Crippen molar-refractivity contribution in [1.82, 2.24) is 24.6 Å². The highest BCUT2D eigenvalue weighted by Crippen LogP contribution is 2.16. The molecule has 2 aliphatic heterocycles. The number of nitrogens with one attached hydrogen (secondary N) is 1. The molecule has 1 aromatic heterocycles. The molecule has 138 valence electrons. The van der Waals surface area contributed by atoms with E-state index in [1.807, 2.05) is 29.2 Å². The summed E-state index contributed by atoms with van der Waals surface area (Å²) in [5.74, 6) is 0.